The molecule has 0 aliphatic rings. The predicted octanol–water partition coefficient (Wildman–Crippen LogP) is -1.05. The Morgan fingerprint density at radius 1 is 1.57 bits per heavy atom. The summed E-state index contributed by atoms with van der Waals surface area (Å²) in [5.74, 6) is -0.388. The van der Waals surface area contributed by atoms with Crippen LogP contribution in [0.25, 0.3) is 0 Å². The Kier molecular flexibility index (Phi) is 5.61. The van der Waals surface area contributed by atoms with Gasteiger partial charge in [-0.15, -0.1) is 0 Å². The topological polar surface area (TPSA) is 107 Å². The summed E-state index contributed by atoms with van der Waals surface area (Å²) in [6, 6.07) is 3.37. The number of aromatic nitrogens is 1. The van der Waals surface area contributed by atoms with Gasteiger partial charge in [0, 0.05) is 12.1 Å². The van der Waals surface area contributed by atoms with Crippen LogP contribution in [0.5, 0.6) is 0 Å². The molecule has 1 heterocycles. The second-order valence-electron chi connectivity index (χ2n) is 2.33. The molecular weight excluding hydrogens is 208 g/mol. The van der Waals surface area contributed by atoms with Crippen LogP contribution in [0.4, 0.5) is 0 Å². The summed E-state index contributed by atoms with van der Waals surface area (Å²) in [6.45, 7) is 0. The second kappa shape index (κ2) is 6.19. The number of carbonyl (C=O) groups is 1. The molecule has 1 amide bonds. The Bertz CT molecular complexity index is 321. The van der Waals surface area contributed by atoms with Crippen molar-refractivity contribution in [3.05, 3.63) is 30.1 Å². The van der Waals surface area contributed by atoms with Gasteiger partial charge in [-0.1, -0.05) is 0 Å². The minimum atomic E-state index is -2.86. The third-order valence-electron chi connectivity index (χ3n) is 1.26. The Labute approximate surface area is 83.5 Å². The number of rotatable bonds is 1. The SMILES string of the molecule is C[n+]1ccc(C(N)=O)cc1.O=S([O-])O. The van der Waals surface area contributed by atoms with Crippen molar-refractivity contribution in [2.45, 2.75) is 0 Å². The quantitative estimate of drug-likeness (QED) is 0.463. The first kappa shape index (κ1) is 12.7. The zero-order chi connectivity index (χ0) is 11.1. The molecule has 0 aliphatic carbocycles. The van der Waals surface area contributed by atoms with E-state index in [4.69, 9.17) is 19.0 Å². The summed E-state index contributed by atoms with van der Waals surface area (Å²) < 4.78 is 25.9. The van der Waals surface area contributed by atoms with Crippen LogP contribution in [0, 0.1) is 0 Å². The molecule has 3 N–H and O–H groups in total. The fourth-order valence-corrected chi connectivity index (χ4v) is 0.665. The van der Waals surface area contributed by atoms with Gasteiger partial charge >= 0.3 is 0 Å². The highest BCUT2D eigenvalue weighted by molar-refractivity contribution is 7.73. The maximum Gasteiger partial charge on any atom is 0.249 e. The van der Waals surface area contributed by atoms with E-state index < -0.39 is 11.4 Å². The largest absolute Gasteiger partial charge is 0.750 e. The number of carbonyl (C=O) groups excluding carboxylic acids is 1. The molecule has 1 aromatic heterocycles. The molecule has 1 aromatic rings. The second-order valence-corrected chi connectivity index (χ2v) is 2.77. The van der Waals surface area contributed by atoms with Crippen LogP contribution in [-0.4, -0.2) is 19.2 Å². The summed E-state index contributed by atoms with van der Waals surface area (Å²) in [4.78, 5) is 10.5. The van der Waals surface area contributed by atoms with Gasteiger partial charge in [0.25, 0.3) is 0 Å². The number of hydrogen-bond donors (Lipinski definition) is 2. The molecule has 0 aliphatic heterocycles. The minimum Gasteiger partial charge on any atom is -0.750 e. The van der Waals surface area contributed by atoms with E-state index in [2.05, 4.69) is 0 Å². The maximum atomic E-state index is 10.5. The van der Waals surface area contributed by atoms with Crippen LogP contribution in [0.1, 0.15) is 10.4 Å². The van der Waals surface area contributed by atoms with E-state index in [0.29, 0.717) is 5.56 Å². The lowest BCUT2D eigenvalue weighted by Gasteiger charge is -1.89. The Morgan fingerprint density at radius 2 is 1.93 bits per heavy atom. The zero-order valence-electron chi connectivity index (χ0n) is 7.41. The molecule has 0 aromatic carbocycles. The Balaban J connectivity index is 0.000000364. The van der Waals surface area contributed by atoms with Gasteiger partial charge in [0.05, 0.1) is 16.9 Å². The van der Waals surface area contributed by atoms with Crippen molar-refractivity contribution in [1.82, 2.24) is 0 Å². The highest BCUT2D eigenvalue weighted by atomic mass is 32.2. The van der Waals surface area contributed by atoms with Crippen molar-refractivity contribution in [2.24, 2.45) is 12.8 Å². The average Bonchev–Trinajstić information content (AvgIpc) is 2.03. The smallest absolute Gasteiger partial charge is 0.249 e. The Hall–Kier alpha value is -1.31. The molecule has 0 bridgehead atoms. The molecule has 0 radical (unpaired) electrons. The lowest BCUT2D eigenvalue weighted by molar-refractivity contribution is -0.671. The van der Waals surface area contributed by atoms with Gasteiger partial charge in [0.1, 0.15) is 7.05 Å². The Morgan fingerprint density at radius 3 is 2.21 bits per heavy atom. The standard InChI is InChI=1S/C7H8N2O.H2O3S/c1-9-4-2-6(3-5-9)7(8)10;1-4(2)3/h2-5H,1H3,(H-,8,10);(H2,1,2,3). The lowest BCUT2D eigenvalue weighted by atomic mass is 10.2. The first-order valence-corrected chi connectivity index (χ1v) is 4.50. The van der Waals surface area contributed by atoms with Gasteiger partial charge in [-0.05, 0) is 0 Å². The number of aryl methyl sites for hydroxylation is 1. The number of pyridine rings is 1. The summed E-state index contributed by atoms with van der Waals surface area (Å²) in [5, 5.41) is 0. The fourth-order valence-electron chi connectivity index (χ4n) is 0.665. The van der Waals surface area contributed by atoms with Crippen molar-refractivity contribution < 1.29 is 22.7 Å². The maximum absolute atomic E-state index is 10.5. The average molecular weight is 218 g/mol. The van der Waals surface area contributed by atoms with E-state index in [1.54, 1.807) is 24.5 Å². The predicted molar refractivity (Wildman–Crippen MR) is 47.7 cm³/mol. The van der Waals surface area contributed by atoms with Crippen LogP contribution in [-0.2, 0) is 18.4 Å². The lowest BCUT2D eigenvalue weighted by Crippen LogP contribution is -2.27. The molecule has 0 saturated carbocycles. The van der Waals surface area contributed by atoms with E-state index in [9.17, 15) is 4.79 Å². The molecule has 0 fully saturated rings. The molecule has 0 saturated heterocycles. The molecular formula is C7H10N2O4S. The van der Waals surface area contributed by atoms with Crippen LogP contribution >= 0.6 is 0 Å². The third-order valence-corrected chi connectivity index (χ3v) is 1.26. The van der Waals surface area contributed by atoms with E-state index in [-0.39, 0.29) is 5.91 Å². The van der Waals surface area contributed by atoms with Crippen molar-refractivity contribution >= 4 is 17.3 Å². The van der Waals surface area contributed by atoms with Crippen LogP contribution in [0.3, 0.4) is 0 Å². The summed E-state index contributed by atoms with van der Waals surface area (Å²) >= 11 is -2.86. The minimum absolute atomic E-state index is 0.388. The number of primary amides is 1. The molecule has 0 spiro atoms. The van der Waals surface area contributed by atoms with E-state index >= 15 is 0 Å². The summed E-state index contributed by atoms with van der Waals surface area (Å²) in [7, 11) is 1.88. The molecule has 1 atom stereocenters. The van der Waals surface area contributed by atoms with Gasteiger partial charge in [-0.3, -0.25) is 4.79 Å². The number of hydrogen-bond acceptors (Lipinski definition) is 3. The highest BCUT2D eigenvalue weighted by Gasteiger charge is 1.99. The van der Waals surface area contributed by atoms with Crippen LogP contribution < -0.4 is 10.3 Å². The van der Waals surface area contributed by atoms with Crippen molar-refractivity contribution in [2.75, 3.05) is 0 Å². The molecule has 14 heavy (non-hydrogen) atoms. The molecule has 1 unspecified atom stereocenters. The van der Waals surface area contributed by atoms with Gasteiger partial charge in [-0.25, -0.2) is 8.78 Å². The van der Waals surface area contributed by atoms with Crippen molar-refractivity contribution in [3.8, 4) is 0 Å². The first-order valence-electron chi connectivity index (χ1n) is 3.47. The fraction of sp³-hybridized carbons (Fsp3) is 0.143. The number of nitrogens with two attached hydrogens (primary N) is 1. The summed E-state index contributed by atoms with van der Waals surface area (Å²) in [6.07, 6.45) is 3.56. The number of nitrogens with zero attached hydrogens (tertiary/aromatic N) is 1. The van der Waals surface area contributed by atoms with Gasteiger partial charge in [0.15, 0.2) is 12.4 Å². The molecule has 7 heteroatoms. The normalized spacial score (nSPS) is 11.1. The van der Waals surface area contributed by atoms with Crippen LogP contribution in [0.15, 0.2) is 24.5 Å². The zero-order valence-corrected chi connectivity index (χ0v) is 8.23. The van der Waals surface area contributed by atoms with E-state index in [1.807, 2.05) is 11.6 Å². The third kappa shape index (κ3) is 6.23. The van der Waals surface area contributed by atoms with Crippen LogP contribution in [0.2, 0.25) is 0 Å². The van der Waals surface area contributed by atoms with Gasteiger partial charge in [0.2, 0.25) is 5.91 Å². The van der Waals surface area contributed by atoms with E-state index in [0.717, 1.165) is 0 Å². The van der Waals surface area contributed by atoms with Gasteiger partial charge < -0.3 is 14.8 Å². The monoisotopic (exact) mass is 218 g/mol. The number of amides is 1. The van der Waals surface area contributed by atoms with E-state index in [1.165, 1.54) is 0 Å². The molecule has 6 nitrogen and oxygen atoms in total. The van der Waals surface area contributed by atoms with Gasteiger partial charge in [-0.2, -0.15) is 0 Å². The highest BCUT2D eigenvalue weighted by Crippen LogP contribution is 1.90. The van der Waals surface area contributed by atoms with Crippen molar-refractivity contribution in [1.29, 1.82) is 0 Å². The summed E-state index contributed by atoms with van der Waals surface area (Å²) in [5.41, 5.74) is 5.56. The molecule has 78 valence electrons. The van der Waals surface area contributed by atoms with Crippen molar-refractivity contribution in [3.63, 3.8) is 0 Å². The molecule has 1 rings (SSSR count). The first-order chi connectivity index (χ1) is 6.43.